The van der Waals surface area contributed by atoms with Crippen LogP contribution in [0.4, 0.5) is 4.39 Å². The van der Waals surface area contributed by atoms with Gasteiger partial charge in [0.1, 0.15) is 17.7 Å². The number of nitrogens with one attached hydrogen (secondary N) is 1. The lowest BCUT2D eigenvalue weighted by Crippen LogP contribution is -2.23. The van der Waals surface area contributed by atoms with Crippen LogP contribution in [0.5, 0.6) is 5.75 Å². The minimum atomic E-state index is -1.00. The van der Waals surface area contributed by atoms with Crippen LogP contribution in [0, 0.1) is 5.82 Å². The van der Waals surface area contributed by atoms with Crippen molar-refractivity contribution in [2.45, 2.75) is 19.6 Å². The van der Waals surface area contributed by atoms with Gasteiger partial charge in [-0.25, -0.2) is 4.39 Å². The van der Waals surface area contributed by atoms with Gasteiger partial charge in [0.2, 0.25) is 5.82 Å². The summed E-state index contributed by atoms with van der Waals surface area (Å²) in [5.74, 6) is -2.13. The average molecular weight is 392 g/mol. The van der Waals surface area contributed by atoms with Gasteiger partial charge in [-0.3, -0.25) is 4.79 Å². The molecule has 0 spiro atoms. The van der Waals surface area contributed by atoms with Crippen LogP contribution in [0.15, 0.2) is 40.9 Å². The maximum Gasteiger partial charge on any atom is 0.255 e. The first-order valence-corrected chi connectivity index (χ1v) is 8.30. The molecule has 0 saturated carbocycles. The molecule has 3 rings (SSSR count). The molecule has 1 aromatic heterocycles. The highest BCUT2D eigenvalue weighted by atomic mass is 35.5. The zero-order chi connectivity index (χ0) is 19.6. The van der Waals surface area contributed by atoms with Gasteiger partial charge in [0.25, 0.3) is 11.8 Å². The van der Waals surface area contributed by atoms with E-state index in [0.29, 0.717) is 5.02 Å². The standard InChI is InChI=1S/C18H15ClFN3O4/c1-9(24)18-22-16(23-27-18)13-6-14(20)12(7-15(13)25)17(26)21-8-10-2-4-11(19)5-3-10/h2-7,9,24-25H,8H2,1H3,(H,21,26). The normalized spacial score (nSPS) is 12.0. The van der Waals surface area contributed by atoms with Crippen molar-refractivity contribution in [3.63, 3.8) is 0 Å². The smallest absolute Gasteiger partial charge is 0.255 e. The Kier molecular flexibility index (Phi) is 5.38. The summed E-state index contributed by atoms with van der Waals surface area (Å²) in [5, 5.41) is 26.3. The van der Waals surface area contributed by atoms with Crippen LogP contribution in [0.1, 0.15) is 34.8 Å². The van der Waals surface area contributed by atoms with Crippen molar-refractivity contribution < 1.29 is 23.9 Å². The summed E-state index contributed by atoms with van der Waals surface area (Å²) >= 11 is 5.80. The van der Waals surface area contributed by atoms with E-state index in [9.17, 15) is 19.4 Å². The Morgan fingerprint density at radius 2 is 2.04 bits per heavy atom. The minimum absolute atomic E-state index is 0.0580. The third kappa shape index (κ3) is 4.24. The van der Waals surface area contributed by atoms with Crippen LogP contribution in [-0.2, 0) is 6.54 Å². The Morgan fingerprint density at radius 1 is 1.33 bits per heavy atom. The predicted molar refractivity (Wildman–Crippen MR) is 94.6 cm³/mol. The Morgan fingerprint density at radius 3 is 2.67 bits per heavy atom. The Balaban J connectivity index is 1.79. The largest absolute Gasteiger partial charge is 0.507 e. The molecule has 2 aromatic carbocycles. The molecular formula is C18H15ClFN3O4. The fourth-order valence-corrected chi connectivity index (χ4v) is 2.44. The number of carbonyl (C=O) groups excluding carboxylic acids is 1. The van der Waals surface area contributed by atoms with Crippen molar-refractivity contribution in [1.82, 2.24) is 15.5 Å². The van der Waals surface area contributed by atoms with Gasteiger partial charge in [-0.15, -0.1) is 0 Å². The summed E-state index contributed by atoms with van der Waals surface area (Å²) in [4.78, 5) is 16.1. The van der Waals surface area contributed by atoms with Gasteiger partial charge >= 0.3 is 0 Å². The van der Waals surface area contributed by atoms with Gasteiger partial charge in [-0.2, -0.15) is 4.98 Å². The topological polar surface area (TPSA) is 108 Å². The van der Waals surface area contributed by atoms with Crippen molar-refractivity contribution in [1.29, 1.82) is 0 Å². The van der Waals surface area contributed by atoms with Gasteiger partial charge in [0, 0.05) is 11.6 Å². The molecule has 9 heteroatoms. The Bertz CT molecular complexity index is 973. The molecule has 27 heavy (non-hydrogen) atoms. The summed E-state index contributed by atoms with van der Waals surface area (Å²) in [6.07, 6.45) is -1.00. The van der Waals surface area contributed by atoms with Crippen molar-refractivity contribution in [2.24, 2.45) is 0 Å². The van der Waals surface area contributed by atoms with Gasteiger partial charge < -0.3 is 20.1 Å². The van der Waals surface area contributed by atoms with E-state index < -0.39 is 23.6 Å². The molecule has 0 saturated heterocycles. The van der Waals surface area contributed by atoms with Crippen molar-refractivity contribution >= 4 is 17.5 Å². The number of aliphatic hydroxyl groups excluding tert-OH is 1. The molecule has 1 amide bonds. The molecule has 0 bridgehead atoms. The van der Waals surface area contributed by atoms with Crippen LogP contribution >= 0.6 is 11.6 Å². The number of aliphatic hydroxyl groups is 1. The molecule has 0 fully saturated rings. The lowest BCUT2D eigenvalue weighted by Gasteiger charge is -2.08. The van der Waals surface area contributed by atoms with E-state index in [0.717, 1.165) is 17.7 Å². The number of halogens is 2. The van der Waals surface area contributed by atoms with Gasteiger partial charge in [-0.1, -0.05) is 28.9 Å². The molecule has 140 valence electrons. The quantitative estimate of drug-likeness (QED) is 0.616. The number of amides is 1. The highest BCUT2D eigenvalue weighted by Gasteiger charge is 2.20. The molecule has 0 aliphatic rings. The summed E-state index contributed by atoms with van der Waals surface area (Å²) in [6.45, 7) is 1.59. The first-order chi connectivity index (χ1) is 12.8. The molecule has 1 atom stereocenters. The van der Waals surface area contributed by atoms with Crippen molar-refractivity contribution in [3.05, 3.63) is 64.3 Å². The minimum Gasteiger partial charge on any atom is -0.507 e. The summed E-state index contributed by atoms with van der Waals surface area (Å²) in [7, 11) is 0. The average Bonchev–Trinajstić information content (AvgIpc) is 3.13. The highest BCUT2D eigenvalue weighted by molar-refractivity contribution is 6.30. The summed E-state index contributed by atoms with van der Waals surface area (Å²) < 4.78 is 19.2. The molecule has 0 aliphatic carbocycles. The van der Waals surface area contributed by atoms with Gasteiger partial charge in [0.05, 0.1) is 11.1 Å². The molecule has 3 aromatic rings. The number of rotatable bonds is 5. The zero-order valence-corrected chi connectivity index (χ0v) is 14.9. The Hall–Kier alpha value is -2.97. The molecule has 7 nitrogen and oxygen atoms in total. The predicted octanol–water partition coefficient (Wildman–Crippen LogP) is 3.22. The maximum absolute atomic E-state index is 14.4. The summed E-state index contributed by atoms with van der Waals surface area (Å²) in [5.41, 5.74) is 0.397. The lowest BCUT2D eigenvalue weighted by atomic mass is 10.1. The highest BCUT2D eigenvalue weighted by Crippen LogP contribution is 2.30. The summed E-state index contributed by atoms with van der Waals surface area (Å²) in [6, 6.07) is 8.74. The first-order valence-electron chi connectivity index (χ1n) is 7.92. The number of benzene rings is 2. The molecule has 1 unspecified atom stereocenters. The number of phenolic OH excluding ortho intramolecular Hbond substituents is 1. The van der Waals surface area contributed by atoms with Crippen LogP contribution in [-0.4, -0.2) is 26.3 Å². The number of hydrogen-bond acceptors (Lipinski definition) is 6. The molecule has 0 aliphatic heterocycles. The van der Waals surface area contributed by atoms with E-state index in [1.807, 2.05) is 0 Å². The lowest BCUT2D eigenvalue weighted by molar-refractivity contribution is 0.0946. The van der Waals surface area contributed by atoms with E-state index in [2.05, 4.69) is 15.5 Å². The van der Waals surface area contributed by atoms with E-state index >= 15 is 0 Å². The fraction of sp³-hybridized carbons (Fsp3) is 0.167. The van der Waals surface area contributed by atoms with E-state index in [1.165, 1.54) is 6.92 Å². The zero-order valence-electron chi connectivity index (χ0n) is 14.1. The third-order valence-corrected chi connectivity index (χ3v) is 3.99. The van der Waals surface area contributed by atoms with Gasteiger partial charge in [-0.05, 0) is 36.8 Å². The van der Waals surface area contributed by atoms with Crippen molar-refractivity contribution in [2.75, 3.05) is 0 Å². The number of nitrogens with zero attached hydrogens (tertiary/aromatic N) is 2. The van der Waals surface area contributed by atoms with E-state index in [1.54, 1.807) is 24.3 Å². The number of phenols is 1. The molecule has 3 N–H and O–H groups in total. The van der Waals surface area contributed by atoms with E-state index in [4.69, 9.17) is 16.1 Å². The number of aromatic hydroxyl groups is 1. The monoisotopic (exact) mass is 391 g/mol. The van der Waals surface area contributed by atoms with Crippen LogP contribution in [0.25, 0.3) is 11.4 Å². The molecule has 0 radical (unpaired) electrons. The second-order valence-electron chi connectivity index (χ2n) is 5.79. The van der Waals surface area contributed by atoms with Crippen LogP contribution in [0.2, 0.25) is 5.02 Å². The second kappa shape index (κ2) is 7.73. The SMILES string of the molecule is CC(O)c1nc(-c2cc(F)c(C(=O)NCc3ccc(Cl)cc3)cc2O)no1. The van der Waals surface area contributed by atoms with Gasteiger partial charge in [0.15, 0.2) is 0 Å². The van der Waals surface area contributed by atoms with E-state index in [-0.39, 0.29) is 29.4 Å². The Labute approximate surface area is 158 Å². The second-order valence-corrected chi connectivity index (χ2v) is 6.23. The maximum atomic E-state index is 14.4. The molecule has 1 heterocycles. The first kappa shape index (κ1) is 18.8. The van der Waals surface area contributed by atoms with Crippen molar-refractivity contribution in [3.8, 4) is 17.1 Å². The molecular weight excluding hydrogens is 377 g/mol. The fourth-order valence-electron chi connectivity index (χ4n) is 2.31. The number of carbonyl (C=O) groups is 1. The third-order valence-electron chi connectivity index (χ3n) is 3.74. The number of aromatic nitrogens is 2. The number of hydrogen-bond donors (Lipinski definition) is 3. The van der Waals surface area contributed by atoms with Crippen LogP contribution < -0.4 is 5.32 Å². The van der Waals surface area contributed by atoms with Crippen LogP contribution in [0.3, 0.4) is 0 Å².